The van der Waals surface area contributed by atoms with Gasteiger partial charge in [-0.1, -0.05) is 23.2 Å². The Hall–Kier alpha value is -0.750. The van der Waals surface area contributed by atoms with Gasteiger partial charge in [0.15, 0.2) is 0 Å². The minimum Gasteiger partial charge on any atom is -0.352 e. The van der Waals surface area contributed by atoms with Gasteiger partial charge in [0, 0.05) is 32.4 Å². The summed E-state index contributed by atoms with van der Waals surface area (Å²) in [6.07, 6.45) is 1.57. The van der Waals surface area contributed by atoms with Gasteiger partial charge in [0.1, 0.15) is 5.82 Å². The van der Waals surface area contributed by atoms with Crippen LogP contribution in [0.3, 0.4) is 0 Å². The zero-order chi connectivity index (χ0) is 14.0. The Bertz CT molecular complexity index is 476. The molecular weight excluding hydrogens is 323 g/mol. The lowest BCUT2D eigenvalue weighted by Gasteiger charge is -2.36. The number of rotatable bonds is 2. The van der Waals surface area contributed by atoms with Crippen molar-refractivity contribution < 1.29 is 4.79 Å². The molecule has 8 heteroatoms. The molecule has 0 bridgehead atoms. The summed E-state index contributed by atoms with van der Waals surface area (Å²) in [5.41, 5.74) is 5.60. The van der Waals surface area contributed by atoms with Crippen molar-refractivity contribution >= 4 is 47.3 Å². The summed E-state index contributed by atoms with van der Waals surface area (Å²) in [6.45, 7) is 4.33. The number of amides is 1. The summed E-state index contributed by atoms with van der Waals surface area (Å²) in [5, 5.41) is 1.04. The molecule has 112 valence electrons. The first-order valence-electron chi connectivity index (χ1n) is 6.09. The number of carbonyl (C=O) groups excluding carboxylic acids is 1. The number of hydrogen-bond acceptors (Lipinski definition) is 4. The number of aromatic nitrogens is 1. The maximum Gasteiger partial charge on any atom is 0.239 e. The first-order chi connectivity index (χ1) is 8.99. The van der Waals surface area contributed by atoms with Crippen LogP contribution < -0.4 is 10.6 Å². The Balaban J connectivity index is 0.00000200. The lowest BCUT2D eigenvalue weighted by Crippen LogP contribution is -2.52. The largest absolute Gasteiger partial charge is 0.352 e. The maximum atomic E-state index is 11.8. The summed E-state index contributed by atoms with van der Waals surface area (Å²) < 4.78 is 0. The van der Waals surface area contributed by atoms with Crippen molar-refractivity contribution in [3.8, 4) is 0 Å². The molecule has 0 aromatic carbocycles. The number of carbonyl (C=O) groups is 1. The monoisotopic (exact) mass is 338 g/mol. The quantitative estimate of drug-likeness (QED) is 0.892. The van der Waals surface area contributed by atoms with E-state index in [0.717, 1.165) is 0 Å². The van der Waals surface area contributed by atoms with Crippen LogP contribution in [0.2, 0.25) is 10.0 Å². The fourth-order valence-electron chi connectivity index (χ4n) is 2.07. The predicted octanol–water partition coefficient (Wildman–Crippen LogP) is 1.81. The Labute approximate surface area is 134 Å². The summed E-state index contributed by atoms with van der Waals surface area (Å²) >= 11 is 11.9. The van der Waals surface area contributed by atoms with Gasteiger partial charge in [0.05, 0.1) is 16.1 Å². The second-order valence-corrected chi connectivity index (χ2v) is 5.40. The zero-order valence-corrected chi connectivity index (χ0v) is 13.4. The van der Waals surface area contributed by atoms with Gasteiger partial charge in [-0.15, -0.1) is 12.4 Å². The van der Waals surface area contributed by atoms with E-state index in [1.807, 2.05) is 4.90 Å². The van der Waals surface area contributed by atoms with Gasteiger partial charge in [0.25, 0.3) is 0 Å². The van der Waals surface area contributed by atoms with E-state index in [0.29, 0.717) is 42.0 Å². The Morgan fingerprint density at radius 1 is 1.35 bits per heavy atom. The van der Waals surface area contributed by atoms with Crippen LogP contribution in [0.5, 0.6) is 0 Å². The highest BCUT2D eigenvalue weighted by molar-refractivity contribution is 6.36. The minimum atomic E-state index is -0.455. The van der Waals surface area contributed by atoms with Crippen LogP contribution in [0.15, 0.2) is 12.3 Å². The highest BCUT2D eigenvalue weighted by Crippen LogP contribution is 2.26. The van der Waals surface area contributed by atoms with Crippen molar-refractivity contribution in [2.24, 2.45) is 5.73 Å². The van der Waals surface area contributed by atoms with Crippen molar-refractivity contribution in [2.75, 3.05) is 31.1 Å². The fraction of sp³-hybridized carbons (Fsp3) is 0.500. The Morgan fingerprint density at radius 2 is 1.95 bits per heavy atom. The van der Waals surface area contributed by atoms with Crippen molar-refractivity contribution in [1.29, 1.82) is 0 Å². The van der Waals surface area contributed by atoms with Crippen molar-refractivity contribution in [1.82, 2.24) is 9.88 Å². The molecule has 2 rings (SSSR count). The van der Waals surface area contributed by atoms with Crippen LogP contribution in [0.1, 0.15) is 6.92 Å². The van der Waals surface area contributed by atoms with E-state index in [2.05, 4.69) is 4.98 Å². The van der Waals surface area contributed by atoms with Gasteiger partial charge in [-0.2, -0.15) is 0 Å². The lowest BCUT2D eigenvalue weighted by molar-refractivity contribution is -0.132. The molecule has 0 spiro atoms. The standard InChI is InChI=1S/C12H16Cl2N4O.ClH/c1-8(15)12(19)18-4-2-17(3-5-18)11-10(14)6-9(13)7-16-11;/h6-8H,2-5,15H2,1H3;1H/t8-;/m1./s1. The third-order valence-electron chi connectivity index (χ3n) is 3.07. The third kappa shape index (κ3) is 3.88. The lowest BCUT2D eigenvalue weighted by atomic mass is 10.2. The van der Waals surface area contributed by atoms with E-state index < -0.39 is 6.04 Å². The number of halogens is 3. The molecule has 2 heterocycles. The molecule has 20 heavy (non-hydrogen) atoms. The molecule has 1 saturated heterocycles. The summed E-state index contributed by atoms with van der Waals surface area (Å²) in [4.78, 5) is 19.8. The van der Waals surface area contributed by atoms with Crippen LogP contribution in [0.25, 0.3) is 0 Å². The molecule has 1 amide bonds. The van der Waals surface area contributed by atoms with Crippen molar-refractivity contribution in [3.05, 3.63) is 22.3 Å². The van der Waals surface area contributed by atoms with Crippen molar-refractivity contribution in [3.63, 3.8) is 0 Å². The van der Waals surface area contributed by atoms with Crippen LogP contribution in [-0.4, -0.2) is 48.0 Å². The van der Waals surface area contributed by atoms with Gasteiger partial charge in [-0.3, -0.25) is 4.79 Å². The first-order valence-corrected chi connectivity index (χ1v) is 6.85. The molecule has 1 aliphatic rings. The average Bonchev–Trinajstić information content (AvgIpc) is 2.38. The van der Waals surface area contributed by atoms with Crippen LogP contribution in [0, 0.1) is 0 Å². The molecule has 2 N–H and O–H groups in total. The SMILES string of the molecule is C[C@@H](N)C(=O)N1CCN(c2ncc(Cl)cc2Cl)CC1.Cl. The van der Waals surface area contributed by atoms with Gasteiger partial charge < -0.3 is 15.5 Å². The van der Waals surface area contributed by atoms with Crippen molar-refractivity contribution in [2.45, 2.75) is 13.0 Å². The number of nitrogens with zero attached hydrogens (tertiary/aromatic N) is 3. The molecule has 0 unspecified atom stereocenters. The minimum absolute atomic E-state index is 0. The molecule has 1 fully saturated rings. The average molecular weight is 340 g/mol. The molecule has 1 atom stereocenters. The van der Waals surface area contributed by atoms with Gasteiger partial charge in [0.2, 0.25) is 5.91 Å². The van der Waals surface area contributed by atoms with E-state index in [4.69, 9.17) is 28.9 Å². The predicted molar refractivity (Wildman–Crippen MR) is 83.9 cm³/mol. The first kappa shape index (κ1) is 17.3. The van der Waals surface area contributed by atoms with Crippen LogP contribution in [-0.2, 0) is 4.79 Å². The molecule has 0 saturated carbocycles. The highest BCUT2D eigenvalue weighted by Gasteiger charge is 2.24. The second kappa shape index (κ2) is 7.31. The van der Waals surface area contributed by atoms with E-state index in [1.54, 1.807) is 24.1 Å². The number of hydrogen-bond donors (Lipinski definition) is 1. The van der Waals surface area contributed by atoms with E-state index >= 15 is 0 Å². The Kier molecular flexibility index (Phi) is 6.33. The maximum absolute atomic E-state index is 11.8. The number of anilines is 1. The summed E-state index contributed by atoms with van der Waals surface area (Å²) in [5.74, 6) is 0.689. The molecular formula is C12H17Cl3N4O. The summed E-state index contributed by atoms with van der Waals surface area (Å²) in [6, 6.07) is 1.22. The van der Waals surface area contributed by atoms with E-state index in [9.17, 15) is 4.79 Å². The molecule has 0 aliphatic carbocycles. The highest BCUT2D eigenvalue weighted by atomic mass is 35.5. The number of nitrogens with two attached hydrogens (primary N) is 1. The molecule has 0 radical (unpaired) electrons. The van der Waals surface area contributed by atoms with E-state index in [-0.39, 0.29) is 18.3 Å². The number of pyridine rings is 1. The van der Waals surface area contributed by atoms with Gasteiger partial charge in [-0.05, 0) is 13.0 Å². The molecule has 1 aromatic rings. The molecule has 5 nitrogen and oxygen atoms in total. The van der Waals surface area contributed by atoms with Crippen LogP contribution >= 0.6 is 35.6 Å². The van der Waals surface area contributed by atoms with E-state index in [1.165, 1.54) is 0 Å². The van der Waals surface area contributed by atoms with Gasteiger partial charge >= 0.3 is 0 Å². The molecule has 1 aliphatic heterocycles. The van der Waals surface area contributed by atoms with Crippen LogP contribution in [0.4, 0.5) is 5.82 Å². The topological polar surface area (TPSA) is 62.5 Å². The summed E-state index contributed by atoms with van der Waals surface area (Å²) in [7, 11) is 0. The third-order valence-corrected chi connectivity index (χ3v) is 3.55. The van der Waals surface area contributed by atoms with Gasteiger partial charge in [-0.25, -0.2) is 4.98 Å². The smallest absolute Gasteiger partial charge is 0.239 e. The number of piperazine rings is 1. The second-order valence-electron chi connectivity index (χ2n) is 4.56. The Morgan fingerprint density at radius 3 is 2.45 bits per heavy atom. The fourth-order valence-corrected chi connectivity index (χ4v) is 2.57. The molecule has 1 aromatic heterocycles. The zero-order valence-electron chi connectivity index (χ0n) is 11.1. The normalized spacial score (nSPS) is 16.6.